The Morgan fingerprint density at radius 2 is 1.80 bits per heavy atom. The first-order chi connectivity index (χ1) is 16.5. The molecule has 0 aliphatic heterocycles. The van der Waals surface area contributed by atoms with Crippen molar-refractivity contribution in [3.63, 3.8) is 0 Å². The normalized spacial score (nSPS) is 11.7. The van der Waals surface area contributed by atoms with Crippen molar-refractivity contribution in [1.29, 1.82) is 0 Å². The number of halogens is 1. The lowest BCUT2D eigenvalue weighted by Crippen LogP contribution is -2.24. The topological polar surface area (TPSA) is 82.8 Å². The van der Waals surface area contributed by atoms with Crippen LogP contribution in [0, 0.1) is 27.7 Å². The molecule has 0 aliphatic rings. The minimum Gasteiger partial charge on any atom is -0.470 e. The van der Waals surface area contributed by atoms with Crippen LogP contribution in [-0.4, -0.2) is 24.5 Å². The predicted molar refractivity (Wildman–Crippen MR) is 140 cm³/mol. The molecule has 0 amide bonds. The van der Waals surface area contributed by atoms with E-state index < -0.39 is 5.56 Å². The van der Waals surface area contributed by atoms with Gasteiger partial charge in [0, 0.05) is 22.6 Å². The quantitative estimate of drug-likeness (QED) is 0.332. The smallest absolute Gasteiger partial charge is 0.280 e. The van der Waals surface area contributed by atoms with Gasteiger partial charge in [0.15, 0.2) is 5.02 Å². The van der Waals surface area contributed by atoms with E-state index in [1.807, 2.05) is 50.5 Å². The number of aryl methyl sites for hydroxylation is 4. The standard InChI is InChI=1S/C26H28ClN5O2S/c1-14-8-9-18(22-15(2)11-28-25(31-22)26(5,6)7)10-20(14)32-16(3)29-23(21(27)24(32)33)34-12-19-13-35-17(4)30-19/h8-11,13H,12H2,1-7H3. The molecule has 182 valence electrons. The molecule has 0 aliphatic carbocycles. The maximum atomic E-state index is 13.4. The van der Waals surface area contributed by atoms with E-state index in [1.54, 1.807) is 6.92 Å². The van der Waals surface area contributed by atoms with Gasteiger partial charge in [-0.15, -0.1) is 11.3 Å². The highest BCUT2D eigenvalue weighted by atomic mass is 35.5. The molecule has 3 heterocycles. The van der Waals surface area contributed by atoms with E-state index in [-0.39, 0.29) is 22.9 Å². The second kappa shape index (κ2) is 9.51. The van der Waals surface area contributed by atoms with Crippen molar-refractivity contribution in [3.05, 3.63) is 78.6 Å². The van der Waals surface area contributed by atoms with Crippen molar-refractivity contribution >= 4 is 22.9 Å². The van der Waals surface area contributed by atoms with Gasteiger partial charge < -0.3 is 4.74 Å². The lowest BCUT2D eigenvalue weighted by molar-refractivity contribution is 0.287. The monoisotopic (exact) mass is 509 g/mol. The molecule has 0 unspecified atom stereocenters. The third kappa shape index (κ3) is 5.13. The van der Waals surface area contributed by atoms with Gasteiger partial charge in [-0.3, -0.25) is 9.36 Å². The van der Waals surface area contributed by atoms with Gasteiger partial charge >= 0.3 is 0 Å². The molecule has 7 nitrogen and oxygen atoms in total. The molecule has 0 saturated heterocycles. The number of hydrogen-bond donors (Lipinski definition) is 0. The lowest BCUT2D eigenvalue weighted by atomic mass is 9.95. The van der Waals surface area contributed by atoms with E-state index in [1.165, 1.54) is 15.9 Å². The van der Waals surface area contributed by atoms with Gasteiger partial charge in [0.1, 0.15) is 18.3 Å². The number of hydrogen-bond acceptors (Lipinski definition) is 7. The zero-order valence-electron chi connectivity index (χ0n) is 20.9. The minimum absolute atomic E-state index is 0.0689. The molecule has 3 aromatic heterocycles. The lowest BCUT2D eigenvalue weighted by Gasteiger charge is -2.19. The molecule has 0 atom stereocenters. The highest BCUT2D eigenvalue weighted by molar-refractivity contribution is 7.09. The fraction of sp³-hybridized carbons (Fsp3) is 0.346. The van der Waals surface area contributed by atoms with Gasteiger partial charge in [-0.2, -0.15) is 4.98 Å². The van der Waals surface area contributed by atoms with Gasteiger partial charge in [0.25, 0.3) is 5.56 Å². The maximum Gasteiger partial charge on any atom is 0.280 e. The maximum absolute atomic E-state index is 13.4. The first-order valence-corrected chi connectivity index (χ1v) is 12.5. The highest BCUT2D eigenvalue weighted by Gasteiger charge is 2.21. The Bertz CT molecular complexity index is 1470. The molecule has 9 heteroatoms. The van der Waals surface area contributed by atoms with E-state index in [0.29, 0.717) is 11.5 Å². The Hall–Kier alpha value is -3.10. The zero-order valence-corrected chi connectivity index (χ0v) is 22.5. The van der Waals surface area contributed by atoms with E-state index in [2.05, 4.69) is 35.7 Å². The van der Waals surface area contributed by atoms with Crippen LogP contribution in [0.3, 0.4) is 0 Å². The summed E-state index contributed by atoms with van der Waals surface area (Å²) in [6.07, 6.45) is 1.84. The van der Waals surface area contributed by atoms with Crippen molar-refractivity contribution < 1.29 is 4.74 Å². The van der Waals surface area contributed by atoms with Gasteiger partial charge in [0.2, 0.25) is 5.88 Å². The Balaban J connectivity index is 1.76. The Labute approximate surface area is 213 Å². The minimum atomic E-state index is -0.390. The molecule has 4 rings (SSSR count). The summed E-state index contributed by atoms with van der Waals surface area (Å²) in [6.45, 7) is 14.0. The van der Waals surface area contributed by atoms with Crippen molar-refractivity contribution in [2.75, 3.05) is 0 Å². The van der Waals surface area contributed by atoms with Crippen LogP contribution in [0.25, 0.3) is 16.9 Å². The van der Waals surface area contributed by atoms with Gasteiger partial charge in [-0.05, 0) is 44.9 Å². The number of nitrogens with zero attached hydrogens (tertiary/aromatic N) is 5. The van der Waals surface area contributed by atoms with Crippen molar-refractivity contribution in [2.24, 2.45) is 0 Å². The average Bonchev–Trinajstić information content (AvgIpc) is 3.21. The summed E-state index contributed by atoms with van der Waals surface area (Å²) in [4.78, 5) is 31.6. The third-order valence-electron chi connectivity index (χ3n) is 5.55. The summed E-state index contributed by atoms with van der Waals surface area (Å²) in [5, 5.41) is 2.78. The van der Waals surface area contributed by atoms with E-state index in [0.717, 1.165) is 38.9 Å². The molecule has 1 aromatic carbocycles. The first-order valence-electron chi connectivity index (χ1n) is 11.2. The molecule has 0 bridgehead atoms. The SMILES string of the molecule is Cc1nc(COc2nc(C)n(-c3cc(-c4nc(C(C)(C)C)ncc4C)ccc3C)c(=O)c2Cl)cs1. The Morgan fingerprint density at radius 1 is 1.06 bits per heavy atom. The van der Waals surface area contributed by atoms with Crippen LogP contribution in [0.2, 0.25) is 5.02 Å². The second-order valence-electron chi connectivity index (χ2n) is 9.54. The number of rotatable bonds is 5. The van der Waals surface area contributed by atoms with Crippen molar-refractivity contribution in [3.8, 4) is 22.8 Å². The van der Waals surface area contributed by atoms with Crippen LogP contribution in [0.15, 0.2) is 34.6 Å². The van der Waals surface area contributed by atoms with Gasteiger partial charge in [-0.1, -0.05) is 44.5 Å². The summed E-state index contributed by atoms with van der Waals surface area (Å²) < 4.78 is 7.26. The van der Waals surface area contributed by atoms with Gasteiger partial charge in [0.05, 0.1) is 22.1 Å². The predicted octanol–water partition coefficient (Wildman–Crippen LogP) is 5.91. The highest BCUT2D eigenvalue weighted by Crippen LogP contribution is 2.29. The van der Waals surface area contributed by atoms with E-state index >= 15 is 0 Å². The molecule has 0 fully saturated rings. The van der Waals surface area contributed by atoms with Crippen molar-refractivity contribution in [2.45, 2.75) is 60.5 Å². The Kier molecular flexibility index (Phi) is 6.79. The number of benzene rings is 1. The first kappa shape index (κ1) is 25.0. The fourth-order valence-electron chi connectivity index (χ4n) is 3.67. The van der Waals surface area contributed by atoms with Crippen LogP contribution in [0.5, 0.6) is 5.88 Å². The summed E-state index contributed by atoms with van der Waals surface area (Å²) in [5.41, 5.74) is 4.46. The van der Waals surface area contributed by atoms with Crippen LogP contribution in [0.4, 0.5) is 0 Å². The molecular formula is C26H28ClN5O2S. The molecule has 35 heavy (non-hydrogen) atoms. The molecule has 4 aromatic rings. The largest absolute Gasteiger partial charge is 0.470 e. The number of ether oxygens (including phenoxy) is 1. The van der Waals surface area contributed by atoms with Crippen LogP contribution in [-0.2, 0) is 12.0 Å². The van der Waals surface area contributed by atoms with Crippen molar-refractivity contribution in [1.82, 2.24) is 24.5 Å². The van der Waals surface area contributed by atoms with Gasteiger partial charge in [-0.25, -0.2) is 15.0 Å². The average molecular weight is 510 g/mol. The third-order valence-corrected chi connectivity index (χ3v) is 6.70. The molecule has 0 N–H and O–H groups in total. The zero-order chi connectivity index (χ0) is 25.5. The molecular weight excluding hydrogens is 482 g/mol. The fourth-order valence-corrected chi connectivity index (χ4v) is 4.45. The summed E-state index contributed by atoms with van der Waals surface area (Å²) >= 11 is 7.97. The molecule has 0 spiro atoms. The number of thiazole rings is 1. The van der Waals surface area contributed by atoms with E-state index in [4.69, 9.17) is 21.3 Å². The van der Waals surface area contributed by atoms with Crippen LogP contribution >= 0.6 is 22.9 Å². The second-order valence-corrected chi connectivity index (χ2v) is 11.0. The summed E-state index contributed by atoms with van der Waals surface area (Å²) in [5.74, 6) is 1.33. The van der Waals surface area contributed by atoms with Crippen LogP contribution in [0.1, 0.15) is 54.2 Å². The Morgan fingerprint density at radius 3 is 2.46 bits per heavy atom. The van der Waals surface area contributed by atoms with Crippen LogP contribution < -0.4 is 10.3 Å². The molecule has 0 radical (unpaired) electrons. The molecule has 0 saturated carbocycles. The summed E-state index contributed by atoms with van der Waals surface area (Å²) in [7, 11) is 0. The summed E-state index contributed by atoms with van der Waals surface area (Å²) in [6, 6.07) is 5.92. The van der Waals surface area contributed by atoms with E-state index in [9.17, 15) is 4.79 Å². The number of aromatic nitrogens is 5.